The van der Waals surface area contributed by atoms with Crippen LogP contribution in [-0.4, -0.2) is 35.8 Å². The summed E-state index contributed by atoms with van der Waals surface area (Å²) in [6.07, 6.45) is 0.283. The standard InChI is InChI=1S/C20H21ClN2O3/c1-2-26-20(25)23-9-8-14-15(13-6-4-3-5-7-13)10-16(18(24)11-21)19(22)17(14)12-23/h3-7,10H,2,8-9,11-12,22H2,1H3. The lowest BCUT2D eigenvalue weighted by atomic mass is 9.86. The van der Waals surface area contributed by atoms with Crippen LogP contribution in [-0.2, 0) is 17.7 Å². The summed E-state index contributed by atoms with van der Waals surface area (Å²) in [5.41, 5.74) is 11.0. The number of carbonyl (C=O) groups excluding carboxylic acids is 2. The number of nitrogens with two attached hydrogens (primary N) is 1. The summed E-state index contributed by atoms with van der Waals surface area (Å²) in [6.45, 7) is 2.96. The molecular weight excluding hydrogens is 352 g/mol. The van der Waals surface area contributed by atoms with Gasteiger partial charge < -0.3 is 15.4 Å². The number of ketones is 1. The average molecular weight is 373 g/mol. The van der Waals surface area contributed by atoms with E-state index in [-0.39, 0.29) is 17.8 Å². The Morgan fingerprint density at radius 2 is 1.96 bits per heavy atom. The summed E-state index contributed by atoms with van der Waals surface area (Å²) in [6, 6.07) is 11.7. The van der Waals surface area contributed by atoms with Crippen LogP contribution < -0.4 is 5.73 Å². The van der Waals surface area contributed by atoms with Gasteiger partial charge in [-0.25, -0.2) is 4.79 Å². The van der Waals surface area contributed by atoms with Crippen molar-refractivity contribution in [2.45, 2.75) is 19.9 Å². The van der Waals surface area contributed by atoms with Gasteiger partial charge in [0.05, 0.1) is 19.0 Å². The molecule has 3 rings (SSSR count). The minimum atomic E-state index is -0.368. The molecule has 26 heavy (non-hydrogen) atoms. The molecule has 1 amide bonds. The second-order valence-corrected chi connectivity index (χ2v) is 6.40. The third-order valence-electron chi connectivity index (χ3n) is 4.61. The molecule has 0 radical (unpaired) electrons. The Morgan fingerprint density at radius 3 is 2.62 bits per heavy atom. The third kappa shape index (κ3) is 3.40. The van der Waals surface area contributed by atoms with E-state index in [1.54, 1.807) is 11.8 Å². The molecule has 6 heteroatoms. The molecule has 0 saturated carbocycles. The Morgan fingerprint density at radius 1 is 1.23 bits per heavy atom. The first-order valence-corrected chi connectivity index (χ1v) is 9.10. The van der Waals surface area contributed by atoms with Crippen LogP contribution in [0.25, 0.3) is 11.1 Å². The summed E-state index contributed by atoms with van der Waals surface area (Å²) >= 11 is 5.77. The zero-order chi connectivity index (χ0) is 18.7. The number of halogens is 1. The Bertz CT molecular complexity index is 837. The third-order valence-corrected chi connectivity index (χ3v) is 4.85. The van der Waals surface area contributed by atoms with Crippen molar-refractivity contribution in [3.8, 4) is 11.1 Å². The molecule has 0 saturated heterocycles. The maximum absolute atomic E-state index is 12.3. The summed E-state index contributed by atoms with van der Waals surface area (Å²) < 4.78 is 5.11. The molecule has 2 aromatic rings. The van der Waals surface area contributed by atoms with Gasteiger partial charge in [-0.2, -0.15) is 0 Å². The highest BCUT2D eigenvalue weighted by Gasteiger charge is 2.28. The van der Waals surface area contributed by atoms with Crippen molar-refractivity contribution in [2.24, 2.45) is 0 Å². The molecule has 0 atom stereocenters. The number of carbonyl (C=O) groups is 2. The van der Waals surface area contributed by atoms with Crippen molar-refractivity contribution < 1.29 is 14.3 Å². The average Bonchev–Trinajstić information content (AvgIpc) is 2.68. The van der Waals surface area contributed by atoms with Crippen LogP contribution >= 0.6 is 11.6 Å². The van der Waals surface area contributed by atoms with Gasteiger partial charge in [0.15, 0.2) is 5.78 Å². The van der Waals surface area contributed by atoms with E-state index in [4.69, 9.17) is 22.1 Å². The van der Waals surface area contributed by atoms with E-state index in [0.29, 0.717) is 37.4 Å². The van der Waals surface area contributed by atoms with E-state index < -0.39 is 0 Å². The smallest absolute Gasteiger partial charge is 0.410 e. The predicted molar refractivity (Wildman–Crippen MR) is 102 cm³/mol. The topological polar surface area (TPSA) is 72.6 Å². The first-order valence-electron chi connectivity index (χ1n) is 8.57. The maximum Gasteiger partial charge on any atom is 0.410 e. The minimum absolute atomic E-state index is 0.140. The summed E-state index contributed by atoms with van der Waals surface area (Å²) in [5.74, 6) is -0.365. The van der Waals surface area contributed by atoms with Crippen LogP contribution in [0, 0.1) is 0 Å². The minimum Gasteiger partial charge on any atom is -0.450 e. The number of alkyl halides is 1. The number of rotatable bonds is 4. The quantitative estimate of drug-likeness (QED) is 0.502. The summed E-state index contributed by atoms with van der Waals surface area (Å²) in [7, 11) is 0. The van der Waals surface area contributed by atoms with Crippen LogP contribution in [0.15, 0.2) is 36.4 Å². The lowest BCUT2D eigenvalue weighted by Gasteiger charge is -2.31. The Balaban J connectivity index is 2.13. The van der Waals surface area contributed by atoms with Gasteiger partial charge in [0.1, 0.15) is 0 Å². The fraction of sp³-hybridized carbons (Fsp3) is 0.300. The zero-order valence-electron chi connectivity index (χ0n) is 14.6. The Kier molecular flexibility index (Phi) is 5.47. The van der Waals surface area contributed by atoms with Crippen molar-refractivity contribution in [3.05, 3.63) is 53.1 Å². The number of Topliss-reactive ketones (excluding diaryl/α,β-unsaturated/α-hetero) is 1. The van der Waals surface area contributed by atoms with Gasteiger partial charge >= 0.3 is 6.09 Å². The molecule has 1 aliphatic heterocycles. The first-order chi connectivity index (χ1) is 12.6. The lowest BCUT2D eigenvalue weighted by molar-refractivity contribution is 0.102. The second kappa shape index (κ2) is 7.79. The maximum atomic E-state index is 12.3. The largest absolute Gasteiger partial charge is 0.450 e. The first kappa shape index (κ1) is 18.3. The van der Waals surface area contributed by atoms with E-state index in [1.807, 2.05) is 36.4 Å². The van der Waals surface area contributed by atoms with Crippen LogP contribution in [0.5, 0.6) is 0 Å². The van der Waals surface area contributed by atoms with Crippen LogP contribution in [0.2, 0.25) is 0 Å². The number of benzene rings is 2. The number of hydrogen-bond donors (Lipinski definition) is 1. The van der Waals surface area contributed by atoms with Gasteiger partial charge in [-0.15, -0.1) is 11.6 Å². The number of nitrogen functional groups attached to an aromatic ring is 1. The molecule has 1 heterocycles. The molecule has 0 unspecified atom stereocenters. The van der Waals surface area contributed by atoms with Crippen molar-refractivity contribution in [2.75, 3.05) is 24.8 Å². The molecule has 2 aromatic carbocycles. The van der Waals surface area contributed by atoms with Gasteiger partial charge in [-0.3, -0.25) is 4.79 Å². The number of fused-ring (bicyclic) bond motifs is 1. The van der Waals surface area contributed by atoms with E-state index in [9.17, 15) is 9.59 Å². The van der Waals surface area contributed by atoms with Gasteiger partial charge in [0, 0.05) is 17.8 Å². The number of amides is 1. The highest BCUT2D eigenvalue weighted by Crippen LogP contribution is 2.36. The Labute approximate surface area is 157 Å². The molecule has 5 nitrogen and oxygen atoms in total. The molecule has 136 valence electrons. The van der Waals surface area contributed by atoms with Gasteiger partial charge in [-0.05, 0) is 41.7 Å². The molecular formula is C20H21ClN2O3. The molecule has 0 fully saturated rings. The van der Waals surface area contributed by atoms with Crippen molar-refractivity contribution in [1.29, 1.82) is 0 Å². The summed E-state index contributed by atoms with van der Waals surface area (Å²) in [5, 5.41) is 0. The number of hydrogen-bond acceptors (Lipinski definition) is 4. The SMILES string of the molecule is CCOC(=O)N1CCc2c(-c3ccccc3)cc(C(=O)CCl)c(N)c2C1. The fourth-order valence-corrected chi connectivity index (χ4v) is 3.47. The highest BCUT2D eigenvalue weighted by molar-refractivity contribution is 6.31. The highest BCUT2D eigenvalue weighted by atomic mass is 35.5. The zero-order valence-corrected chi connectivity index (χ0v) is 15.4. The van der Waals surface area contributed by atoms with Crippen LogP contribution in [0.1, 0.15) is 28.4 Å². The van der Waals surface area contributed by atoms with E-state index in [0.717, 1.165) is 22.3 Å². The predicted octanol–water partition coefficient (Wildman–Crippen LogP) is 3.87. The fourth-order valence-electron chi connectivity index (χ4n) is 3.33. The van der Waals surface area contributed by atoms with Gasteiger partial charge in [0.2, 0.25) is 0 Å². The van der Waals surface area contributed by atoms with Gasteiger partial charge in [0.25, 0.3) is 0 Å². The van der Waals surface area contributed by atoms with E-state index in [2.05, 4.69) is 0 Å². The molecule has 2 N–H and O–H groups in total. The number of ether oxygens (including phenoxy) is 1. The van der Waals surface area contributed by atoms with Crippen LogP contribution in [0.3, 0.4) is 0 Å². The second-order valence-electron chi connectivity index (χ2n) is 6.14. The molecule has 0 bridgehead atoms. The number of anilines is 1. The van der Waals surface area contributed by atoms with Crippen molar-refractivity contribution in [3.63, 3.8) is 0 Å². The lowest BCUT2D eigenvalue weighted by Crippen LogP contribution is -2.37. The molecule has 0 aromatic heterocycles. The molecule has 1 aliphatic rings. The molecule has 0 spiro atoms. The monoisotopic (exact) mass is 372 g/mol. The molecule has 0 aliphatic carbocycles. The van der Waals surface area contributed by atoms with E-state index >= 15 is 0 Å². The van der Waals surface area contributed by atoms with E-state index in [1.165, 1.54) is 0 Å². The Hall–Kier alpha value is -2.53. The van der Waals surface area contributed by atoms with Gasteiger partial charge in [-0.1, -0.05) is 30.3 Å². The normalized spacial score (nSPS) is 13.2. The van der Waals surface area contributed by atoms with Crippen molar-refractivity contribution >= 4 is 29.2 Å². The van der Waals surface area contributed by atoms with Crippen molar-refractivity contribution in [1.82, 2.24) is 4.90 Å². The summed E-state index contributed by atoms with van der Waals surface area (Å²) in [4.78, 5) is 26.0. The van der Waals surface area contributed by atoms with Crippen LogP contribution in [0.4, 0.5) is 10.5 Å². The number of nitrogens with zero attached hydrogens (tertiary/aromatic N) is 1.